The third-order valence-corrected chi connectivity index (χ3v) is 4.13. The molecule has 4 heteroatoms. The third-order valence-electron chi connectivity index (χ3n) is 4.13. The highest BCUT2D eigenvalue weighted by molar-refractivity contribution is 5.85. The molecule has 2 aliphatic rings. The average molecular weight is 284 g/mol. The van der Waals surface area contributed by atoms with Gasteiger partial charge in [0.05, 0.1) is 19.8 Å². The van der Waals surface area contributed by atoms with Crippen molar-refractivity contribution in [3.63, 3.8) is 0 Å². The summed E-state index contributed by atoms with van der Waals surface area (Å²) >= 11 is 0. The molecule has 2 unspecified atom stereocenters. The van der Waals surface area contributed by atoms with Crippen LogP contribution >= 0.6 is 12.4 Å². The van der Waals surface area contributed by atoms with Crippen molar-refractivity contribution < 1.29 is 9.47 Å². The van der Waals surface area contributed by atoms with Gasteiger partial charge in [0.25, 0.3) is 0 Å². The van der Waals surface area contributed by atoms with Gasteiger partial charge in [-0.2, -0.15) is 0 Å². The predicted molar refractivity (Wildman–Crippen MR) is 78.1 cm³/mol. The SMILES string of the molecule is COc1ccc(C2CN3CCCCC3CO2)cc1.Cl. The molecule has 0 saturated carbocycles. The first-order chi connectivity index (χ1) is 8.86. The van der Waals surface area contributed by atoms with Crippen LogP contribution in [0.2, 0.25) is 0 Å². The largest absolute Gasteiger partial charge is 0.497 e. The first-order valence-corrected chi connectivity index (χ1v) is 6.86. The van der Waals surface area contributed by atoms with Crippen LogP contribution in [0.5, 0.6) is 5.75 Å². The lowest BCUT2D eigenvalue weighted by molar-refractivity contribution is -0.0766. The fraction of sp³-hybridized carbons (Fsp3) is 0.600. The Kier molecular flexibility index (Phi) is 5.08. The Morgan fingerprint density at radius 1 is 1.21 bits per heavy atom. The van der Waals surface area contributed by atoms with Crippen molar-refractivity contribution in [1.82, 2.24) is 4.90 Å². The first-order valence-electron chi connectivity index (χ1n) is 6.86. The highest BCUT2D eigenvalue weighted by atomic mass is 35.5. The summed E-state index contributed by atoms with van der Waals surface area (Å²) in [6, 6.07) is 8.93. The molecule has 2 aliphatic heterocycles. The van der Waals surface area contributed by atoms with E-state index in [-0.39, 0.29) is 18.5 Å². The van der Waals surface area contributed by atoms with Crippen molar-refractivity contribution >= 4 is 12.4 Å². The summed E-state index contributed by atoms with van der Waals surface area (Å²) in [6.07, 6.45) is 4.23. The number of morpholine rings is 1. The molecule has 0 radical (unpaired) electrons. The van der Waals surface area contributed by atoms with Crippen LogP contribution in [0.3, 0.4) is 0 Å². The zero-order valence-corrected chi connectivity index (χ0v) is 12.2. The minimum atomic E-state index is 0. The number of ether oxygens (including phenoxy) is 2. The lowest BCUT2D eigenvalue weighted by Crippen LogP contribution is -2.48. The molecule has 0 aliphatic carbocycles. The second-order valence-electron chi connectivity index (χ2n) is 5.24. The summed E-state index contributed by atoms with van der Waals surface area (Å²) in [6.45, 7) is 3.16. The molecule has 19 heavy (non-hydrogen) atoms. The molecule has 0 bridgehead atoms. The molecule has 2 fully saturated rings. The van der Waals surface area contributed by atoms with Crippen LogP contribution in [0.4, 0.5) is 0 Å². The van der Waals surface area contributed by atoms with E-state index in [2.05, 4.69) is 17.0 Å². The first kappa shape index (κ1) is 14.6. The summed E-state index contributed by atoms with van der Waals surface area (Å²) in [4.78, 5) is 2.60. The Balaban J connectivity index is 0.00000133. The number of nitrogens with zero attached hydrogens (tertiary/aromatic N) is 1. The fourth-order valence-electron chi connectivity index (χ4n) is 3.00. The Hall–Kier alpha value is -0.770. The maximum atomic E-state index is 6.02. The van der Waals surface area contributed by atoms with Crippen LogP contribution in [0.25, 0.3) is 0 Å². The number of hydrogen-bond acceptors (Lipinski definition) is 3. The third kappa shape index (κ3) is 3.22. The van der Waals surface area contributed by atoms with Gasteiger partial charge in [0.2, 0.25) is 0 Å². The van der Waals surface area contributed by atoms with E-state index < -0.39 is 0 Å². The molecule has 2 heterocycles. The zero-order valence-electron chi connectivity index (χ0n) is 11.4. The van der Waals surface area contributed by atoms with Gasteiger partial charge >= 0.3 is 0 Å². The molecule has 106 valence electrons. The van der Waals surface area contributed by atoms with E-state index in [1.165, 1.54) is 31.4 Å². The van der Waals surface area contributed by atoms with E-state index in [4.69, 9.17) is 9.47 Å². The Morgan fingerprint density at radius 2 is 2.00 bits per heavy atom. The molecule has 0 spiro atoms. The molecule has 2 saturated heterocycles. The Labute approximate surface area is 121 Å². The van der Waals surface area contributed by atoms with Gasteiger partial charge in [-0.15, -0.1) is 12.4 Å². The van der Waals surface area contributed by atoms with E-state index in [9.17, 15) is 0 Å². The van der Waals surface area contributed by atoms with Gasteiger partial charge in [0.1, 0.15) is 5.75 Å². The topological polar surface area (TPSA) is 21.7 Å². The van der Waals surface area contributed by atoms with E-state index in [1.807, 2.05) is 12.1 Å². The number of fused-ring (bicyclic) bond motifs is 1. The summed E-state index contributed by atoms with van der Waals surface area (Å²) in [7, 11) is 1.70. The van der Waals surface area contributed by atoms with Crippen LogP contribution in [0, 0.1) is 0 Å². The molecule has 3 rings (SSSR count). The monoisotopic (exact) mass is 283 g/mol. The molecule has 3 nitrogen and oxygen atoms in total. The van der Waals surface area contributed by atoms with Crippen LogP contribution in [0.15, 0.2) is 24.3 Å². The maximum Gasteiger partial charge on any atom is 0.118 e. The molecule has 0 aromatic heterocycles. The van der Waals surface area contributed by atoms with E-state index in [0.29, 0.717) is 6.04 Å². The predicted octanol–water partition coefficient (Wildman–Crippen LogP) is 3.04. The number of halogens is 1. The highest BCUT2D eigenvalue weighted by Gasteiger charge is 2.31. The summed E-state index contributed by atoms with van der Waals surface area (Å²) in [5, 5.41) is 0. The average Bonchev–Trinajstić information content (AvgIpc) is 2.47. The van der Waals surface area contributed by atoms with Crippen molar-refractivity contribution in [2.24, 2.45) is 0 Å². The molecule has 2 atom stereocenters. The summed E-state index contributed by atoms with van der Waals surface area (Å²) in [5.74, 6) is 0.908. The Bertz CT molecular complexity index is 396. The second-order valence-corrected chi connectivity index (χ2v) is 5.24. The van der Waals surface area contributed by atoms with Crippen LogP contribution in [-0.4, -0.2) is 37.7 Å². The fourth-order valence-corrected chi connectivity index (χ4v) is 3.00. The van der Waals surface area contributed by atoms with Gasteiger partial charge in [-0.3, -0.25) is 4.90 Å². The smallest absolute Gasteiger partial charge is 0.118 e. The van der Waals surface area contributed by atoms with E-state index in [0.717, 1.165) is 18.9 Å². The van der Waals surface area contributed by atoms with Gasteiger partial charge in [-0.1, -0.05) is 18.6 Å². The Morgan fingerprint density at radius 3 is 2.74 bits per heavy atom. The standard InChI is InChI=1S/C15H21NO2.ClH/c1-17-14-7-5-12(6-8-14)15-10-16-9-3-2-4-13(16)11-18-15;/h5-8,13,15H,2-4,9-11H2,1H3;1H. The summed E-state index contributed by atoms with van der Waals surface area (Å²) in [5.41, 5.74) is 1.26. The number of methoxy groups -OCH3 is 1. The molecular weight excluding hydrogens is 262 g/mol. The highest BCUT2D eigenvalue weighted by Crippen LogP contribution is 2.30. The lowest BCUT2D eigenvalue weighted by Gasteiger charge is -2.42. The van der Waals surface area contributed by atoms with Crippen molar-refractivity contribution in [2.75, 3.05) is 26.8 Å². The van der Waals surface area contributed by atoms with E-state index >= 15 is 0 Å². The van der Waals surface area contributed by atoms with Crippen LogP contribution in [-0.2, 0) is 4.74 Å². The number of benzene rings is 1. The molecule has 1 aromatic carbocycles. The lowest BCUT2D eigenvalue weighted by atomic mass is 9.98. The number of hydrogen-bond donors (Lipinski definition) is 0. The number of piperidine rings is 1. The van der Waals surface area contributed by atoms with Crippen molar-refractivity contribution in [2.45, 2.75) is 31.4 Å². The molecule has 0 amide bonds. The molecular formula is C15H22ClNO2. The van der Waals surface area contributed by atoms with Crippen molar-refractivity contribution in [1.29, 1.82) is 0 Å². The van der Waals surface area contributed by atoms with Crippen LogP contribution in [0.1, 0.15) is 30.9 Å². The minimum Gasteiger partial charge on any atom is -0.497 e. The van der Waals surface area contributed by atoms with Gasteiger partial charge in [0, 0.05) is 12.6 Å². The van der Waals surface area contributed by atoms with Gasteiger partial charge in [-0.25, -0.2) is 0 Å². The zero-order chi connectivity index (χ0) is 12.4. The minimum absolute atomic E-state index is 0. The number of rotatable bonds is 2. The van der Waals surface area contributed by atoms with E-state index in [1.54, 1.807) is 7.11 Å². The van der Waals surface area contributed by atoms with Crippen molar-refractivity contribution in [3.05, 3.63) is 29.8 Å². The molecule has 1 aromatic rings. The molecule has 0 N–H and O–H groups in total. The van der Waals surface area contributed by atoms with Gasteiger partial charge in [0.15, 0.2) is 0 Å². The normalized spacial score (nSPS) is 27.2. The van der Waals surface area contributed by atoms with Gasteiger partial charge in [-0.05, 0) is 37.1 Å². The summed E-state index contributed by atoms with van der Waals surface area (Å²) < 4.78 is 11.2. The van der Waals surface area contributed by atoms with Crippen LogP contribution < -0.4 is 4.74 Å². The quantitative estimate of drug-likeness (QED) is 0.833. The van der Waals surface area contributed by atoms with Crippen molar-refractivity contribution in [3.8, 4) is 5.75 Å². The van der Waals surface area contributed by atoms with Gasteiger partial charge < -0.3 is 9.47 Å². The maximum absolute atomic E-state index is 6.02. The second kappa shape index (κ2) is 6.60.